The van der Waals surface area contributed by atoms with Crippen LogP contribution in [-0.4, -0.2) is 9.56 Å². The molecule has 0 aliphatic heterocycles. The van der Waals surface area contributed by atoms with Gasteiger partial charge in [0.15, 0.2) is 0 Å². The van der Waals surface area contributed by atoms with Crippen LogP contribution in [0.5, 0.6) is 0 Å². The molecular weight excluding hydrogens is 290 g/mol. The lowest BCUT2D eigenvalue weighted by Gasteiger charge is -2.03. The lowest BCUT2D eigenvalue weighted by atomic mass is 10.1. The number of aryl methyl sites for hydroxylation is 1. The summed E-state index contributed by atoms with van der Waals surface area (Å²) in [5, 5.41) is 11.5. The largest absolute Gasteiger partial charge is 0.389 e. The zero-order valence-electron chi connectivity index (χ0n) is 12.2. The van der Waals surface area contributed by atoms with Crippen molar-refractivity contribution in [3.8, 4) is 6.07 Å². The second kappa shape index (κ2) is 5.63. The molecule has 0 unspecified atom stereocenters. The fourth-order valence-corrected chi connectivity index (χ4v) is 2.93. The second-order valence-corrected chi connectivity index (χ2v) is 5.51. The van der Waals surface area contributed by atoms with Gasteiger partial charge in [-0.15, -0.1) is 0 Å². The van der Waals surface area contributed by atoms with E-state index in [1.165, 1.54) is 21.8 Å². The van der Waals surface area contributed by atoms with Crippen molar-refractivity contribution in [2.75, 3.05) is 0 Å². The second-order valence-electron chi connectivity index (χ2n) is 5.07. The van der Waals surface area contributed by atoms with Crippen LogP contribution < -0.4 is 5.73 Å². The lowest BCUT2D eigenvalue weighted by molar-refractivity contribution is 0.827. The monoisotopic (exact) mass is 305 g/mol. The van der Waals surface area contributed by atoms with E-state index < -0.39 is 0 Å². The van der Waals surface area contributed by atoms with Gasteiger partial charge in [0.25, 0.3) is 0 Å². The number of hydrogen-bond donors (Lipinski definition) is 1. The third kappa shape index (κ3) is 2.26. The Hall–Kier alpha value is -2.64. The molecule has 1 aromatic heterocycles. The fraction of sp³-hybridized carbons (Fsp3) is 0.111. The number of nitrogens with zero attached hydrogens (tertiary/aromatic N) is 2. The number of para-hydroxylation sites is 1. The maximum atomic E-state index is 9.10. The average Bonchev–Trinajstić information content (AvgIpc) is 2.85. The van der Waals surface area contributed by atoms with E-state index in [1.54, 1.807) is 6.08 Å². The molecule has 0 atom stereocenters. The predicted octanol–water partition coefficient (Wildman–Crippen LogP) is 4.01. The Balaban J connectivity index is 2.29. The topological polar surface area (TPSA) is 54.7 Å². The van der Waals surface area contributed by atoms with Gasteiger partial charge in [0, 0.05) is 28.4 Å². The normalized spacial score (nSPS) is 11.7. The number of thiocarbonyl (C=S) groups is 1. The summed E-state index contributed by atoms with van der Waals surface area (Å²) in [7, 11) is 0. The number of fused-ring (bicyclic) bond motifs is 3. The Morgan fingerprint density at radius 3 is 2.64 bits per heavy atom. The maximum absolute atomic E-state index is 9.10. The number of rotatable bonds is 3. The van der Waals surface area contributed by atoms with Gasteiger partial charge < -0.3 is 10.3 Å². The highest BCUT2D eigenvalue weighted by Gasteiger charge is 2.09. The molecule has 0 spiro atoms. The summed E-state index contributed by atoms with van der Waals surface area (Å²) in [4.78, 5) is 0.124. The highest BCUT2D eigenvalue weighted by molar-refractivity contribution is 7.80. The smallest absolute Gasteiger partial charge is 0.114 e. The first kappa shape index (κ1) is 14.3. The highest BCUT2D eigenvalue weighted by atomic mass is 32.1. The minimum atomic E-state index is 0.124. The molecule has 3 nitrogen and oxygen atoms in total. The van der Waals surface area contributed by atoms with Crippen molar-refractivity contribution in [3.63, 3.8) is 0 Å². The van der Waals surface area contributed by atoms with Crippen molar-refractivity contribution in [2.45, 2.75) is 13.5 Å². The minimum absolute atomic E-state index is 0.124. The molecular formula is C18H15N3S. The average molecular weight is 305 g/mol. The molecule has 0 aliphatic carbocycles. The van der Waals surface area contributed by atoms with Crippen molar-refractivity contribution in [1.82, 2.24) is 4.57 Å². The number of nitrogens with two attached hydrogens (primary N) is 1. The summed E-state index contributed by atoms with van der Waals surface area (Å²) < 4.78 is 2.29. The molecule has 1 heterocycles. The van der Waals surface area contributed by atoms with E-state index in [0.29, 0.717) is 5.57 Å². The minimum Gasteiger partial charge on any atom is -0.389 e. The van der Waals surface area contributed by atoms with Crippen LogP contribution in [0.15, 0.2) is 48.0 Å². The third-order valence-corrected chi connectivity index (χ3v) is 4.03. The summed E-state index contributed by atoms with van der Waals surface area (Å²) in [6, 6.07) is 16.5. The molecule has 3 rings (SSSR count). The van der Waals surface area contributed by atoms with Crippen LogP contribution in [0.1, 0.15) is 12.5 Å². The van der Waals surface area contributed by atoms with Crippen molar-refractivity contribution in [3.05, 3.63) is 53.6 Å². The lowest BCUT2D eigenvalue weighted by Crippen LogP contribution is -2.09. The number of aromatic nitrogens is 1. The van der Waals surface area contributed by atoms with Gasteiger partial charge in [0.05, 0.1) is 5.57 Å². The van der Waals surface area contributed by atoms with Crippen LogP contribution >= 0.6 is 12.2 Å². The van der Waals surface area contributed by atoms with Crippen LogP contribution in [0.25, 0.3) is 27.9 Å². The molecule has 22 heavy (non-hydrogen) atoms. The number of nitriles is 1. The van der Waals surface area contributed by atoms with Crippen molar-refractivity contribution < 1.29 is 0 Å². The Labute approximate surface area is 134 Å². The molecule has 2 N–H and O–H groups in total. The molecule has 3 aromatic rings. The van der Waals surface area contributed by atoms with E-state index in [4.69, 9.17) is 23.2 Å². The Morgan fingerprint density at radius 1 is 1.23 bits per heavy atom. The first-order valence-corrected chi connectivity index (χ1v) is 7.49. The van der Waals surface area contributed by atoms with Gasteiger partial charge in [0.2, 0.25) is 0 Å². The van der Waals surface area contributed by atoms with Crippen molar-refractivity contribution in [2.24, 2.45) is 5.73 Å². The van der Waals surface area contributed by atoms with E-state index in [9.17, 15) is 0 Å². The zero-order valence-corrected chi connectivity index (χ0v) is 13.0. The molecule has 108 valence electrons. The van der Waals surface area contributed by atoms with E-state index in [0.717, 1.165) is 12.1 Å². The Morgan fingerprint density at radius 2 is 1.95 bits per heavy atom. The van der Waals surface area contributed by atoms with Gasteiger partial charge in [-0.05, 0) is 36.8 Å². The van der Waals surface area contributed by atoms with Gasteiger partial charge >= 0.3 is 0 Å². The summed E-state index contributed by atoms with van der Waals surface area (Å²) in [5.41, 5.74) is 9.22. The van der Waals surface area contributed by atoms with E-state index in [-0.39, 0.29) is 4.99 Å². The molecule has 0 saturated heterocycles. The van der Waals surface area contributed by atoms with Gasteiger partial charge in [-0.25, -0.2) is 0 Å². The van der Waals surface area contributed by atoms with Gasteiger partial charge in [-0.3, -0.25) is 0 Å². The van der Waals surface area contributed by atoms with Crippen LogP contribution in [0, 0.1) is 11.3 Å². The molecule has 0 bridgehead atoms. The molecule has 0 aliphatic rings. The molecule has 0 amide bonds. The molecule has 4 heteroatoms. The Kier molecular flexibility index (Phi) is 3.66. The summed E-state index contributed by atoms with van der Waals surface area (Å²) in [5.74, 6) is 0. The standard InChI is InChI=1S/C18H15N3S/c1-2-21-16-6-4-3-5-14(16)15-10-12(7-8-17(15)21)9-13(11-19)18(20)22/h3-10H,2H2,1H3,(H2,20,22). The molecule has 0 fully saturated rings. The zero-order chi connectivity index (χ0) is 15.7. The van der Waals surface area contributed by atoms with Crippen LogP contribution in [0.4, 0.5) is 0 Å². The molecule has 2 aromatic carbocycles. The van der Waals surface area contributed by atoms with Gasteiger partial charge in [0.1, 0.15) is 11.1 Å². The molecule has 0 radical (unpaired) electrons. The van der Waals surface area contributed by atoms with Crippen molar-refractivity contribution in [1.29, 1.82) is 5.26 Å². The molecule has 0 saturated carbocycles. The predicted molar refractivity (Wildman–Crippen MR) is 95.5 cm³/mol. The van der Waals surface area contributed by atoms with E-state index >= 15 is 0 Å². The van der Waals surface area contributed by atoms with E-state index in [1.807, 2.05) is 18.2 Å². The SMILES string of the molecule is CCn1c2ccccc2c2cc(C=C(C#N)C(N)=S)ccc21. The number of hydrogen-bond acceptors (Lipinski definition) is 2. The third-order valence-electron chi connectivity index (χ3n) is 3.81. The van der Waals surface area contributed by atoms with Gasteiger partial charge in [-0.1, -0.05) is 36.5 Å². The number of benzene rings is 2. The van der Waals surface area contributed by atoms with Crippen LogP contribution in [-0.2, 0) is 6.54 Å². The quantitative estimate of drug-likeness (QED) is 0.452. The summed E-state index contributed by atoms with van der Waals surface area (Å²) in [6.45, 7) is 3.05. The highest BCUT2D eigenvalue weighted by Crippen LogP contribution is 2.30. The summed E-state index contributed by atoms with van der Waals surface area (Å²) in [6.07, 6.45) is 1.74. The fourth-order valence-electron chi connectivity index (χ4n) is 2.83. The van der Waals surface area contributed by atoms with Gasteiger partial charge in [-0.2, -0.15) is 5.26 Å². The first-order valence-electron chi connectivity index (χ1n) is 7.08. The summed E-state index contributed by atoms with van der Waals surface area (Å²) >= 11 is 4.89. The Bertz CT molecular complexity index is 958. The maximum Gasteiger partial charge on any atom is 0.114 e. The first-order chi connectivity index (χ1) is 10.7. The van der Waals surface area contributed by atoms with Crippen LogP contribution in [0.3, 0.4) is 0 Å². The van der Waals surface area contributed by atoms with E-state index in [2.05, 4.69) is 41.8 Å². The van der Waals surface area contributed by atoms with Crippen LogP contribution in [0.2, 0.25) is 0 Å². The van der Waals surface area contributed by atoms with Crippen molar-refractivity contribution >= 4 is 45.1 Å².